The summed E-state index contributed by atoms with van der Waals surface area (Å²) < 4.78 is 0. The Bertz CT molecular complexity index is 483. The van der Waals surface area contributed by atoms with Crippen molar-refractivity contribution in [2.75, 3.05) is 11.5 Å². The predicted octanol–water partition coefficient (Wildman–Crippen LogP) is 2.54. The fourth-order valence-electron chi connectivity index (χ4n) is 1.19. The summed E-state index contributed by atoms with van der Waals surface area (Å²) in [7, 11) is 0. The molecule has 0 atom stereocenters. The molecule has 0 radical (unpaired) electrons. The number of carbonyl (C=O) groups is 1. The molecule has 94 valence electrons. The lowest BCUT2D eigenvalue weighted by atomic mass is 10.2. The number of hydrogen-bond donors (Lipinski definition) is 3. The maximum Gasteiger partial charge on any atom is 0.335 e. The zero-order valence-corrected chi connectivity index (χ0v) is 10.1. The third kappa shape index (κ3) is 4.57. The van der Waals surface area contributed by atoms with Gasteiger partial charge in [-0.05, 0) is 43.3 Å². The first-order chi connectivity index (χ1) is 8.49. The summed E-state index contributed by atoms with van der Waals surface area (Å²) in [6.07, 6.45) is 0. The zero-order chi connectivity index (χ0) is 13.5. The number of aryl methyl sites for hydroxylation is 1. The monoisotopic (exact) mass is 244 g/mol. The van der Waals surface area contributed by atoms with E-state index in [4.69, 9.17) is 16.6 Å². The van der Waals surface area contributed by atoms with Crippen LogP contribution in [0.3, 0.4) is 0 Å². The summed E-state index contributed by atoms with van der Waals surface area (Å²) in [5, 5.41) is 8.43. The molecule has 0 aromatic heterocycles. The molecule has 0 saturated heterocycles. The molecule has 2 aromatic carbocycles. The lowest BCUT2D eigenvalue weighted by molar-refractivity contribution is 0.0697. The number of carboxylic acids is 1. The second-order valence-electron chi connectivity index (χ2n) is 3.84. The molecule has 2 rings (SSSR count). The molecule has 4 nitrogen and oxygen atoms in total. The Labute approximate surface area is 106 Å². The molecule has 18 heavy (non-hydrogen) atoms. The SMILES string of the molecule is Cc1ccc(N)cc1.Nc1ccc(C(=O)O)cc1. The summed E-state index contributed by atoms with van der Waals surface area (Å²) in [5.74, 6) is -0.931. The molecule has 0 amide bonds. The summed E-state index contributed by atoms with van der Waals surface area (Å²) >= 11 is 0. The van der Waals surface area contributed by atoms with E-state index >= 15 is 0 Å². The number of carboxylic acid groups (broad SMARTS) is 1. The summed E-state index contributed by atoms with van der Waals surface area (Å²) in [6, 6.07) is 13.8. The van der Waals surface area contributed by atoms with Crippen LogP contribution in [0, 0.1) is 6.92 Å². The second-order valence-corrected chi connectivity index (χ2v) is 3.84. The fourth-order valence-corrected chi connectivity index (χ4v) is 1.19. The quantitative estimate of drug-likeness (QED) is 0.672. The number of nitrogen functional groups attached to an aromatic ring is 2. The normalized spacial score (nSPS) is 9.17. The van der Waals surface area contributed by atoms with Crippen LogP contribution in [0.25, 0.3) is 0 Å². The third-order valence-corrected chi connectivity index (χ3v) is 2.23. The van der Waals surface area contributed by atoms with Crippen LogP contribution in [0.4, 0.5) is 11.4 Å². The largest absolute Gasteiger partial charge is 0.478 e. The van der Waals surface area contributed by atoms with Gasteiger partial charge in [0, 0.05) is 11.4 Å². The van der Waals surface area contributed by atoms with E-state index in [-0.39, 0.29) is 5.56 Å². The molecule has 0 aliphatic carbocycles. The highest BCUT2D eigenvalue weighted by Crippen LogP contribution is 2.04. The Morgan fingerprint density at radius 3 is 1.61 bits per heavy atom. The molecule has 0 unspecified atom stereocenters. The minimum Gasteiger partial charge on any atom is -0.478 e. The molecule has 0 spiro atoms. The van der Waals surface area contributed by atoms with Gasteiger partial charge in [0.05, 0.1) is 5.56 Å². The van der Waals surface area contributed by atoms with Gasteiger partial charge < -0.3 is 16.6 Å². The van der Waals surface area contributed by atoms with Crippen molar-refractivity contribution in [3.63, 3.8) is 0 Å². The van der Waals surface area contributed by atoms with Crippen LogP contribution >= 0.6 is 0 Å². The minimum atomic E-state index is -0.931. The van der Waals surface area contributed by atoms with Gasteiger partial charge in [0.1, 0.15) is 0 Å². The molecular weight excluding hydrogens is 228 g/mol. The number of nitrogens with two attached hydrogens (primary N) is 2. The van der Waals surface area contributed by atoms with Crippen molar-refractivity contribution in [2.45, 2.75) is 6.92 Å². The number of hydrogen-bond acceptors (Lipinski definition) is 3. The lowest BCUT2D eigenvalue weighted by Gasteiger charge is -1.93. The van der Waals surface area contributed by atoms with Gasteiger partial charge in [-0.2, -0.15) is 0 Å². The van der Waals surface area contributed by atoms with Crippen molar-refractivity contribution in [3.05, 3.63) is 59.7 Å². The molecule has 0 bridgehead atoms. The molecule has 0 fully saturated rings. The first-order valence-electron chi connectivity index (χ1n) is 5.40. The van der Waals surface area contributed by atoms with E-state index < -0.39 is 5.97 Å². The van der Waals surface area contributed by atoms with Gasteiger partial charge in [0.2, 0.25) is 0 Å². The molecule has 0 saturated carbocycles. The number of anilines is 2. The van der Waals surface area contributed by atoms with Gasteiger partial charge in [0.25, 0.3) is 0 Å². The summed E-state index contributed by atoms with van der Waals surface area (Å²) in [4.78, 5) is 10.3. The Morgan fingerprint density at radius 2 is 1.28 bits per heavy atom. The summed E-state index contributed by atoms with van der Waals surface area (Å²) in [5.41, 5.74) is 13.7. The van der Waals surface area contributed by atoms with Crippen LogP contribution in [0.1, 0.15) is 15.9 Å². The smallest absolute Gasteiger partial charge is 0.335 e. The first-order valence-corrected chi connectivity index (χ1v) is 5.40. The van der Waals surface area contributed by atoms with Crippen LogP contribution in [-0.2, 0) is 0 Å². The molecule has 0 heterocycles. The highest BCUT2D eigenvalue weighted by atomic mass is 16.4. The highest BCUT2D eigenvalue weighted by molar-refractivity contribution is 5.87. The Balaban J connectivity index is 0.000000184. The van der Waals surface area contributed by atoms with Crippen LogP contribution in [-0.4, -0.2) is 11.1 Å². The Hall–Kier alpha value is -2.49. The van der Waals surface area contributed by atoms with Crippen molar-refractivity contribution >= 4 is 17.3 Å². The highest BCUT2D eigenvalue weighted by Gasteiger charge is 1.98. The molecule has 4 heteroatoms. The van der Waals surface area contributed by atoms with Gasteiger partial charge in [-0.15, -0.1) is 0 Å². The van der Waals surface area contributed by atoms with Crippen molar-refractivity contribution < 1.29 is 9.90 Å². The topological polar surface area (TPSA) is 89.3 Å². The van der Waals surface area contributed by atoms with Crippen LogP contribution in [0.2, 0.25) is 0 Å². The van der Waals surface area contributed by atoms with Gasteiger partial charge in [0.15, 0.2) is 0 Å². The van der Waals surface area contributed by atoms with Crippen LogP contribution < -0.4 is 11.5 Å². The maximum absolute atomic E-state index is 10.3. The van der Waals surface area contributed by atoms with E-state index in [9.17, 15) is 4.79 Å². The lowest BCUT2D eigenvalue weighted by Crippen LogP contribution is -1.95. The number of benzene rings is 2. The van der Waals surface area contributed by atoms with E-state index in [0.717, 1.165) is 5.69 Å². The predicted molar refractivity (Wildman–Crippen MR) is 73.4 cm³/mol. The molecule has 0 aliphatic heterocycles. The van der Waals surface area contributed by atoms with Gasteiger partial charge in [-0.25, -0.2) is 4.79 Å². The van der Waals surface area contributed by atoms with Gasteiger partial charge >= 0.3 is 5.97 Å². The van der Waals surface area contributed by atoms with Crippen LogP contribution in [0.15, 0.2) is 48.5 Å². The maximum atomic E-state index is 10.3. The van der Waals surface area contributed by atoms with E-state index in [1.807, 2.05) is 31.2 Å². The number of aromatic carboxylic acids is 1. The summed E-state index contributed by atoms with van der Waals surface area (Å²) in [6.45, 7) is 2.04. The van der Waals surface area contributed by atoms with Crippen molar-refractivity contribution in [1.29, 1.82) is 0 Å². The Morgan fingerprint density at radius 1 is 0.889 bits per heavy atom. The average molecular weight is 244 g/mol. The van der Waals surface area contributed by atoms with Crippen molar-refractivity contribution in [1.82, 2.24) is 0 Å². The minimum absolute atomic E-state index is 0.259. The van der Waals surface area contributed by atoms with E-state index in [1.165, 1.54) is 17.7 Å². The number of rotatable bonds is 1. The van der Waals surface area contributed by atoms with Gasteiger partial charge in [-0.3, -0.25) is 0 Å². The van der Waals surface area contributed by atoms with Crippen molar-refractivity contribution in [2.24, 2.45) is 0 Å². The second kappa shape index (κ2) is 6.30. The molecule has 2 aromatic rings. The third-order valence-electron chi connectivity index (χ3n) is 2.23. The average Bonchev–Trinajstić information content (AvgIpc) is 2.34. The van der Waals surface area contributed by atoms with Crippen molar-refractivity contribution in [3.8, 4) is 0 Å². The van der Waals surface area contributed by atoms with Crippen LogP contribution in [0.5, 0.6) is 0 Å². The first kappa shape index (κ1) is 13.6. The van der Waals surface area contributed by atoms with E-state index in [1.54, 1.807) is 12.1 Å². The zero-order valence-electron chi connectivity index (χ0n) is 10.1. The van der Waals surface area contributed by atoms with Gasteiger partial charge in [-0.1, -0.05) is 17.7 Å². The van der Waals surface area contributed by atoms with E-state index in [2.05, 4.69) is 0 Å². The standard InChI is InChI=1S/C7H7NO2.C7H9N/c8-6-3-1-5(2-4-6)7(9)10;1-6-2-4-7(8)5-3-6/h1-4H,8H2,(H,9,10);2-5H,8H2,1H3. The van der Waals surface area contributed by atoms with E-state index in [0.29, 0.717) is 5.69 Å². The fraction of sp³-hybridized carbons (Fsp3) is 0.0714. The Kier molecular flexibility index (Phi) is 4.75. The molecular formula is C14H16N2O2. The molecule has 0 aliphatic rings. The molecule has 5 N–H and O–H groups in total.